The Hall–Kier alpha value is -0.960. The highest BCUT2D eigenvalue weighted by Gasteiger charge is 2.26. The summed E-state index contributed by atoms with van der Waals surface area (Å²) in [6.45, 7) is 0.829. The van der Waals surface area contributed by atoms with Gasteiger partial charge in [-0.3, -0.25) is 4.79 Å². The molecule has 1 atom stereocenters. The molecule has 0 saturated carbocycles. The number of nitrogens with one attached hydrogen (secondary N) is 1. The van der Waals surface area contributed by atoms with Crippen LogP contribution in [0.2, 0.25) is 0 Å². The molecule has 0 bridgehead atoms. The van der Waals surface area contributed by atoms with Crippen LogP contribution < -0.4 is 5.32 Å². The van der Waals surface area contributed by atoms with Crippen molar-refractivity contribution >= 4 is 12.1 Å². The normalized spacial score (nSPS) is 28.6. The maximum atomic E-state index is 11.2. The van der Waals surface area contributed by atoms with E-state index in [1.165, 1.54) is 11.1 Å². The van der Waals surface area contributed by atoms with Crippen molar-refractivity contribution in [3.05, 3.63) is 11.1 Å². The van der Waals surface area contributed by atoms with Gasteiger partial charge in [0.2, 0.25) is 0 Å². The van der Waals surface area contributed by atoms with Gasteiger partial charge < -0.3 is 10.1 Å². The van der Waals surface area contributed by atoms with Crippen LogP contribution in [0.5, 0.6) is 0 Å². The van der Waals surface area contributed by atoms with Crippen molar-refractivity contribution in [3.63, 3.8) is 0 Å². The minimum absolute atomic E-state index is 0.114. The number of carbonyl (C=O) groups excluding carboxylic acids is 2. The monoisotopic (exact) mass is 179 g/mol. The Bertz CT molecular complexity index is 281. The maximum absolute atomic E-state index is 11.2. The van der Waals surface area contributed by atoms with Gasteiger partial charge in [0.25, 0.3) is 0 Å². The van der Waals surface area contributed by atoms with Crippen LogP contribution in [-0.4, -0.2) is 24.7 Å². The summed E-state index contributed by atoms with van der Waals surface area (Å²) >= 11 is 0. The van der Waals surface area contributed by atoms with Crippen LogP contribution in [-0.2, 0) is 9.59 Å². The molecule has 0 amide bonds. The molecule has 1 unspecified atom stereocenters. The zero-order valence-corrected chi connectivity index (χ0v) is 7.51. The van der Waals surface area contributed by atoms with E-state index in [2.05, 4.69) is 5.32 Å². The number of Topliss-reactive ketones (excluding diaryl/α,β-unsaturated/α-hetero) is 1. The van der Waals surface area contributed by atoms with E-state index in [-0.39, 0.29) is 6.04 Å². The second-order valence-electron chi connectivity index (χ2n) is 3.66. The van der Waals surface area contributed by atoms with Crippen LogP contribution in [0.4, 0.5) is 0 Å². The Morgan fingerprint density at radius 3 is 2.92 bits per heavy atom. The lowest BCUT2D eigenvalue weighted by Gasteiger charge is -2.29. The summed E-state index contributed by atoms with van der Waals surface area (Å²) in [5.41, 5.74) is 2.40. The SMILES string of the molecule is O=CC1NCCC2=C1CCC(=O)C2. The standard InChI is InChI=1S/C10H13NO2/c12-6-10-9-2-1-8(13)5-7(9)3-4-11-10/h6,10-11H,1-5H2. The zero-order chi connectivity index (χ0) is 9.26. The highest BCUT2D eigenvalue weighted by atomic mass is 16.1. The van der Waals surface area contributed by atoms with Crippen molar-refractivity contribution in [3.8, 4) is 0 Å². The molecule has 13 heavy (non-hydrogen) atoms. The first-order valence-corrected chi connectivity index (χ1v) is 4.72. The zero-order valence-electron chi connectivity index (χ0n) is 7.51. The van der Waals surface area contributed by atoms with E-state index in [4.69, 9.17) is 0 Å². The lowest BCUT2D eigenvalue weighted by Crippen LogP contribution is -2.39. The van der Waals surface area contributed by atoms with E-state index >= 15 is 0 Å². The number of aldehydes is 1. The van der Waals surface area contributed by atoms with Gasteiger partial charge in [0.05, 0.1) is 6.04 Å². The molecule has 0 fully saturated rings. The third-order valence-electron chi connectivity index (χ3n) is 2.84. The summed E-state index contributed by atoms with van der Waals surface area (Å²) < 4.78 is 0. The summed E-state index contributed by atoms with van der Waals surface area (Å²) in [5, 5.41) is 3.15. The smallest absolute Gasteiger partial charge is 0.141 e. The quantitative estimate of drug-likeness (QED) is 0.473. The van der Waals surface area contributed by atoms with Crippen molar-refractivity contribution in [1.82, 2.24) is 5.32 Å². The largest absolute Gasteiger partial charge is 0.304 e. The predicted molar refractivity (Wildman–Crippen MR) is 48.4 cm³/mol. The second-order valence-corrected chi connectivity index (χ2v) is 3.66. The van der Waals surface area contributed by atoms with Crippen molar-refractivity contribution in [2.75, 3.05) is 6.54 Å². The van der Waals surface area contributed by atoms with Gasteiger partial charge in [0, 0.05) is 12.8 Å². The molecule has 0 aromatic heterocycles. The first kappa shape index (κ1) is 8.63. The Labute approximate surface area is 77.2 Å². The Balaban J connectivity index is 2.26. The molecule has 2 rings (SSSR count). The molecule has 0 aromatic carbocycles. The van der Waals surface area contributed by atoms with E-state index < -0.39 is 0 Å². The van der Waals surface area contributed by atoms with Crippen molar-refractivity contribution in [1.29, 1.82) is 0 Å². The minimum Gasteiger partial charge on any atom is -0.304 e. The van der Waals surface area contributed by atoms with E-state index in [1.54, 1.807) is 0 Å². The molecular formula is C10H13NO2. The minimum atomic E-state index is -0.114. The van der Waals surface area contributed by atoms with Crippen molar-refractivity contribution in [2.24, 2.45) is 0 Å². The van der Waals surface area contributed by atoms with Gasteiger partial charge >= 0.3 is 0 Å². The number of hydrogen-bond acceptors (Lipinski definition) is 3. The van der Waals surface area contributed by atoms with Gasteiger partial charge in [0.1, 0.15) is 12.1 Å². The van der Waals surface area contributed by atoms with Crippen LogP contribution >= 0.6 is 0 Å². The fourth-order valence-electron chi connectivity index (χ4n) is 2.15. The summed E-state index contributed by atoms with van der Waals surface area (Å²) in [7, 11) is 0. The Morgan fingerprint density at radius 2 is 2.15 bits per heavy atom. The van der Waals surface area contributed by atoms with Crippen molar-refractivity contribution in [2.45, 2.75) is 31.7 Å². The lowest BCUT2D eigenvalue weighted by molar-refractivity contribution is -0.119. The maximum Gasteiger partial charge on any atom is 0.141 e. The highest BCUT2D eigenvalue weighted by molar-refractivity contribution is 5.84. The summed E-state index contributed by atoms with van der Waals surface area (Å²) in [6.07, 6.45) is 3.87. The second kappa shape index (κ2) is 3.42. The molecule has 1 aliphatic carbocycles. The summed E-state index contributed by atoms with van der Waals surface area (Å²) in [5.74, 6) is 0.324. The highest BCUT2D eigenvalue weighted by Crippen LogP contribution is 2.28. The number of rotatable bonds is 1. The van der Waals surface area contributed by atoms with E-state index in [1.807, 2.05) is 0 Å². The first-order valence-electron chi connectivity index (χ1n) is 4.72. The summed E-state index contributed by atoms with van der Waals surface area (Å²) in [6, 6.07) is -0.114. The van der Waals surface area contributed by atoms with Gasteiger partial charge in [-0.1, -0.05) is 5.57 Å². The van der Waals surface area contributed by atoms with Gasteiger partial charge in [-0.25, -0.2) is 0 Å². The third kappa shape index (κ3) is 1.56. The number of hydrogen-bond donors (Lipinski definition) is 1. The Morgan fingerprint density at radius 1 is 1.31 bits per heavy atom. The topological polar surface area (TPSA) is 46.2 Å². The van der Waals surface area contributed by atoms with Gasteiger partial charge in [-0.2, -0.15) is 0 Å². The van der Waals surface area contributed by atoms with Crippen LogP contribution in [0.15, 0.2) is 11.1 Å². The Kier molecular flexibility index (Phi) is 2.27. The third-order valence-corrected chi connectivity index (χ3v) is 2.84. The molecule has 2 aliphatic rings. The molecule has 0 spiro atoms. The average molecular weight is 179 g/mol. The van der Waals surface area contributed by atoms with Gasteiger partial charge in [0.15, 0.2) is 0 Å². The van der Waals surface area contributed by atoms with Gasteiger partial charge in [-0.05, 0) is 25.0 Å². The fraction of sp³-hybridized carbons (Fsp3) is 0.600. The number of carbonyl (C=O) groups is 2. The van der Waals surface area contributed by atoms with Gasteiger partial charge in [-0.15, -0.1) is 0 Å². The lowest BCUT2D eigenvalue weighted by atomic mass is 9.83. The molecule has 70 valence electrons. The van der Waals surface area contributed by atoms with Crippen molar-refractivity contribution < 1.29 is 9.59 Å². The van der Waals surface area contributed by atoms with E-state index in [0.717, 1.165) is 25.7 Å². The molecular weight excluding hydrogens is 166 g/mol. The molecule has 3 nitrogen and oxygen atoms in total. The number of ketones is 1. The predicted octanol–water partition coefficient (Wildman–Crippen LogP) is 0.597. The molecule has 0 saturated heterocycles. The van der Waals surface area contributed by atoms with E-state index in [0.29, 0.717) is 18.6 Å². The molecule has 1 N–H and O–H groups in total. The average Bonchev–Trinajstić information content (AvgIpc) is 2.16. The molecule has 1 heterocycles. The molecule has 0 aromatic rings. The summed E-state index contributed by atoms with van der Waals surface area (Å²) in [4.78, 5) is 21.9. The van der Waals surface area contributed by atoms with E-state index in [9.17, 15) is 9.59 Å². The van der Waals surface area contributed by atoms with Crippen LogP contribution in [0.3, 0.4) is 0 Å². The van der Waals surface area contributed by atoms with Crippen LogP contribution in [0.25, 0.3) is 0 Å². The van der Waals surface area contributed by atoms with Crippen LogP contribution in [0.1, 0.15) is 25.7 Å². The fourth-order valence-corrected chi connectivity index (χ4v) is 2.15. The molecule has 1 aliphatic heterocycles. The molecule has 3 heteroatoms. The molecule has 0 radical (unpaired) electrons. The van der Waals surface area contributed by atoms with Crippen LogP contribution in [0, 0.1) is 0 Å². The first-order chi connectivity index (χ1) is 6.31.